The third-order valence-corrected chi connectivity index (χ3v) is 4.74. The van der Waals surface area contributed by atoms with Crippen molar-refractivity contribution in [3.63, 3.8) is 0 Å². The van der Waals surface area contributed by atoms with Gasteiger partial charge in [0.05, 0.1) is 7.11 Å². The Morgan fingerprint density at radius 3 is 2.45 bits per heavy atom. The molecule has 116 valence electrons. The third-order valence-electron chi connectivity index (χ3n) is 4.74. The number of rotatable bonds is 6. The van der Waals surface area contributed by atoms with Crippen LogP contribution in [0, 0.1) is 5.92 Å². The van der Waals surface area contributed by atoms with Gasteiger partial charge >= 0.3 is 0 Å². The Hall–Kier alpha value is -1.87. The minimum Gasteiger partial charge on any atom is -0.497 e. The first kappa shape index (κ1) is 15.0. The van der Waals surface area contributed by atoms with E-state index in [2.05, 4.69) is 11.9 Å². The van der Waals surface area contributed by atoms with Gasteiger partial charge in [-0.2, -0.15) is 0 Å². The van der Waals surface area contributed by atoms with E-state index in [1.165, 1.54) is 0 Å². The molecular weight excluding hydrogens is 274 g/mol. The van der Waals surface area contributed by atoms with E-state index in [1.54, 1.807) is 13.3 Å². The highest BCUT2D eigenvalue weighted by atomic mass is 16.5. The Morgan fingerprint density at radius 2 is 1.95 bits per heavy atom. The molecule has 0 amide bonds. The fraction of sp³-hybridized carbons (Fsp3) is 0.421. The molecule has 0 saturated heterocycles. The molecule has 1 aliphatic carbocycles. The van der Waals surface area contributed by atoms with Crippen LogP contribution in [0.4, 0.5) is 0 Å². The molecule has 1 aromatic carbocycles. The maximum Gasteiger partial charge on any atom is 0.118 e. The Morgan fingerprint density at radius 1 is 1.23 bits per heavy atom. The summed E-state index contributed by atoms with van der Waals surface area (Å²) in [5, 5.41) is 11.6. The molecule has 1 aliphatic rings. The minimum absolute atomic E-state index is 0.00888. The average Bonchev–Trinajstić information content (AvgIpc) is 3.42. The molecule has 3 heteroatoms. The van der Waals surface area contributed by atoms with Crippen LogP contribution in [0.5, 0.6) is 5.75 Å². The molecule has 1 N–H and O–H groups in total. The number of benzene rings is 1. The van der Waals surface area contributed by atoms with Crippen molar-refractivity contribution in [3.8, 4) is 5.75 Å². The topological polar surface area (TPSA) is 42.4 Å². The van der Waals surface area contributed by atoms with Gasteiger partial charge in [0.1, 0.15) is 11.4 Å². The van der Waals surface area contributed by atoms with Crippen molar-refractivity contribution < 1.29 is 9.84 Å². The summed E-state index contributed by atoms with van der Waals surface area (Å²) in [6, 6.07) is 13.8. The highest BCUT2D eigenvalue weighted by molar-refractivity contribution is 5.35. The second kappa shape index (κ2) is 6.09. The van der Waals surface area contributed by atoms with Crippen LogP contribution in [0.1, 0.15) is 43.4 Å². The molecule has 0 spiro atoms. The van der Waals surface area contributed by atoms with Crippen LogP contribution >= 0.6 is 0 Å². The van der Waals surface area contributed by atoms with Crippen LogP contribution in [0.25, 0.3) is 0 Å². The lowest BCUT2D eigenvalue weighted by molar-refractivity contribution is -0.0183. The molecule has 0 unspecified atom stereocenters. The van der Waals surface area contributed by atoms with Crippen LogP contribution in [0.3, 0.4) is 0 Å². The highest BCUT2D eigenvalue weighted by Crippen LogP contribution is 2.53. The zero-order valence-corrected chi connectivity index (χ0v) is 13.2. The predicted octanol–water partition coefficient (Wildman–Crippen LogP) is 3.88. The molecule has 3 nitrogen and oxygen atoms in total. The van der Waals surface area contributed by atoms with E-state index in [0.717, 1.165) is 36.3 Å². The molecule has 0 radical (unpaired) electrons. The van der Waals surface area contributed by atoms with Crippen molar-refractivity contribution in [2.24, 2.45) is 5.92 Å². The van der Waals surface area contributed by atoms with Gasteiger partial charge < -0.3 is 9.84 Å². The standard InChI is InChI=1S/C19H23NO2/c1-3-17(18-6-4-5-13-20-18)19(21,14-7-8-14)15-9-11-16(22-2)12-10-15/h4-6,9-14,17,21H,3,7-8H2,1-2H3/t17-,19+/m0/s1. The Bertz CT molecular complexity index is 607. The van der Waals surface area contributed by atoms with Gasteiger partial charge in [-0.15, -0.1) is 0 Å². The fourth-order valence-corrected chi connectivity index (χ4v) is 3.43. The van der Waals surface area contributed by atoms with E-state index in [9.17, 15) is 5.11 Å². The number of methoxy groups -OCH3 is 1. The molecular formula is C19H23NO2. The molecule has 1 heterocycles. The van der Waals surface area contributed by atoms with Crippen molar-refractivity contribution in [3.05, 3.63) is 59.9 Å². The van der Waals surface area contributed by atoms with Gasteiger partial charge in [-0.3, -0.25) is 4.98 Å². The molecule has 0 bridgehead atoms. The van der Waals surface area contributed by atoms with Gasteiger partial charge in [0.2, 0.25) is 0 Å². The lowest BCUT2D eigenvalue weighted by Gasteiger charge is -2.36. The number of aromatic nitrogens is 1. The van der Waals surface area contributed by atoms with Crippen molar-refractivity contribution in [2.75, 3.05) is 7.11 Å². The lowest BCUT2D eigenvalue weighted by atomic mass is 9.74. The highest BCUT2D eigenvalue weighted by Gasteiger charge is 2.50. The normalized spacial score (nSPS) is 18.5. The number of ether oxygens (including phenoxy) is 1. The zero-order valence-electron chi connectivity index (χ0n) is 13.2. The van der Waals surface area contributed by atoms with Crippen LogP contribution in [-0.4, -0.2) is 17.2 Å². The van der Waals surface area contributed by atoms with Crippen LogP contribution in [0.2, 0.25) is 0 Å². The lowest BCUT2D eigenvalue weighted by Crippen LogP contribution is -2.36. The second-order valence-electron chi connectivity index (χ2n) is 6.04. The largest absolute Gasteiger partial charge is 0.497 e. The molecule has 0 aliphatic heterocycles. The summed E-state index contributed by atoms with van der Waals surface area (Å²) in [5.74, 6) is 1.13. The summed E-state index contributed by atoms with van der Waals surface area (Å²) < 4.78 is 5.24. The van der Waals surface area contributed by atoms with E-state index in [1.807, 2.05) is 42.5 Å². The predicted molar refractivity (Wildman–Crippen MR) is 86.9 cm³/mol. The Labute approximate surface area is 132 Å². The molecule has 2 atom stereocenters. The van der Waals surface area contributed by atoms with Crippen molar-refractivity contribution >= 4 is 0 Å². The van der Waals surface area contributed by atoms with E-state index in [-0.39, 0.29) is 5.92 Å². The maximum atomic E-state index is 11.6. The average molecular weight is 297 g/mol. The van der Waals surface area contributed by atoms with Crippen LogP contribution in [-0.2, 0) is 5.60 Å². The molecule has 2 aromatic rings. The van der Waals surface area contributed by atoms with Crippen LogP contribution < -0.4 is 4.74 Å². The van der Waals surface area contributed by atoms with E-state index < -0.39 is 5.60 Å². The van der Waals surface area contributed by atoms with Gasteiger partial charge in [0.25, 0.3) is 0 Å². The number of pyridine rings is 1. The SMILES string of the molecule is CC[C@@H](c1ccccn1)[C@](O)(c1ccc(OC)cc1)C1CC1. The van der Waals surface area contributed by atoms with Gasteiger partial charge in [0, 0.05) is 17.8 Å². The number of hydrogen-bond donors (Lipinski definition) is 1. The Kier molecular flexibility index (Phi) is 4.16. The summed E-state index contributed by atoms with van der Waals surface area (Å²) in [5.41, 5.74) is 1.08. The summed E-state index contributed by atoms with van der Waals surface area (Å²) in [6.45, 7) is 2.12. The first-order chi connectivity index (χ1) is 10.7. The minimum atomic E-state index is -0.852. The number of nitrogens with zero attached hydrogens (tertiary/aromatic N) is 1. The monoisotopic (exact) mass is 297 g/mol. The van der Waals surface area contributed by atoms with Gasteiger partial charge in [-0.1, -0.05) is 25.1 Å². The maximum absolute atomic E-state index is 11.6. The Balaban J connectivity index is 2.02. The van der Waals surface area contributed by atoms with E-state index >= 15 is 0 Å². The molecule has 3 rings (SSSR count). The first-order valence-electron chi connectivity index (χ1n) is 7.98. The van der Waals surface area contributed by atoms with Crippen molar-refractivity contribution in [1.29, 1.82) is 0 Å². The first-order valence-corrected chi connectivity index (χ1v) is 7.98. The summed E-state index contributed by atoms with van der Waals surface area (Å²) in [4.78, 5) is 4.50. The van der Waals surface area contributed by atoms with Gasteiger partial charge in [-0.25, -0.2) is 0 Å². The molecule has 1 fully saturated rings. The van der Waals surface area contributed by atoms with Gasteiger partial charge in [-0.05, 0) is 55.0 Å². The fourth-order valence-electron chi connectivity index (χ4n) is 3.43. The summed E-state index contributed by atoms with van der Waals surface area (Å²) >= 11 is 0. The van der Waals surface area contributed by atoms with Crippen molar-refractivity contribution in [2.45, 2.75) is 37.7 Å². The van der Waals surface area contributed by atoms with E-state index in [4.69, 9.17) is 4.74 Å². The second-order valence-corrected chi connectivity index (χ2v) is 6.04. The van der Waals surface area contributed by atoms with E-state index in [0.29, 0.717) is 5.92 Å². The number of aliphatic hydroxyl groups is 1. The number of hydrogen-bond acceptors (Lipinski definition) is 3. The summed E-state index contributed by atoms with van der Waals surface area (Å²) in [6.07, 6.45) is 4.81. The smallest absolute Gasteiger partial charge is 0.118 e. The molecule has 1 saturated carbocycles. The molecule has 1 aromatic heterocycles. The summed E-state index contributed by atoms with van der Waals surface area (Å²) in [7, 11) is 1.66. The quantitative estimate of drug-likeness (QED) is 0.879. The zero-order chi connectivity index (χ0) is 15.6. The van der Waals surface area contributed by atoms with Crippen molar-refractivity contribution in [1.82, 2.24) is 4.98 Å². The third kappa shape index (κ3) is 2.61. The van der Waals surface area contributed by atoms with Gasteiger partial charge in [0.15, 0.2) is 0 Å². The van der Waals surface area contributed by atoms with Crippen LogP contribution in [0.15, 0.2) is 48.7 Å². The molecule has 22 heavy (non-hydrogen) atoms.